The Kier molecular flexibility index (Phi) is 4.95. The molecule has 2 rings (SSSR count). The number of halogens is 3. The van der Waals surface area contributed by atoms with Crippen LogP contribution in [0, 0.1) is 5.82 Å². The first-order chi connectivity index (χ1) is 9.71. The van der Waals surface area contributed by atoms with Crippen LogP contribution in [-0.4, -0.2) is 31.8 Å². The first-order valence-electron chi connectivity index (χ1n) is 6.46. The summed E-state index contributed by atoms with van der Waals surface area (Å²) < 4.78 is 36.6. The minimum atomic E-state index is -4.14. The van der Waals surface area contributed by atoms with Crippen molar-refractivity contribution in [2.75, 3.05) is 6.54 Å². The van der Waals surface area contributed by atoms with Gasteiger partial charge in [-0.2, -0.15) is 0 Å². The van der Waals surface area contributed by atoms with Gasteiger partial charge in [-0.3, -0.25) is 4.79 Å². The lowest BCUT2D eigenvalue weighted by molar-refractivity contribution is 0.0634. The van der Waals surface area contributed by atoms with E-state index < -0.39 is 25.7 Å². The van der Waals surface area contributed by atoms with Crippen LogP contribution in [0.1, 0.15) is 36.5 Å². The van der Waals surface area contributed by atoms with E-state index in [1.807, 2.05) is 6.92 Å². The van der Waals surface area contributed by atoms with Crippen molar-refractivity contribution in [3.63, 3.8) is 0 Å². The fraction of sp³-hybridized carbons (Fsp3) is 0.462. The van der Waals surface area contributed by atoms with Crippen LogP contribution in [0.4, 0.5) is 4.39 Å². The van der Waals surface area contributed by atoms with Crippen LogP contribution < -0.4 is 0 Å². The molecule has 0 bridgehead atoms. The number of nitrogens with zero attached hydrogens (tertiary/aromatic N) is 1. The number of hydrogen-bond donors (Lipinski definition) is 0. The van der Waals surface area contributed by atoms with Crippen molar-refractivity contribution in [1.29, 1.82) is 0 Å². The van der Waals surface area contributed by atoms with Crippen LogP contribution in [0.2, 0.25) is 0 Å². The third-order valence-corrected chi connectivity index (χ3v) is 6.02. The second-order valence-electron chi connectivity index (χ2n) is 5.05. The summed E-state index contributed by atoms with van der Waals surface area (Å²) >= 11 is 3.06. The molecule has 1 heterocycles. The second kappa shape index (κ2) is 6.22. The van der Waals surface area contributed by atoms with Gasteiger partial charge in [-0.25, -0.2) is 12.8 Å². The SMILES string of the molecule is CC1CCCCN1C(=O)c1cc(F)cc(S(=O)(=O)Cl)c1Br. The van der Waals surface area contributed by atoms with Gasteiger partial charge in [0.1, 0.15) is 10.7 Å². The van der Waals surface area contributed by atoms with E-state index in [1.165, 1.54) is 0 Å². The molecule has 0 radical (unpaired) electrons. The summed E-state index contributed by atoms with van der Waals surface area (Å²) in [4.78, 5) is 13.8. The summed E-state index contributed by atoms with van der Waals surface area (Å²) in [7, 11) is 1.14. The molecule has 1 aliphatic heterocycles. The van der Waals surface area contributed by atoms with Crippen LogP contribution in [0.3, 0.4) is 0 Å². The van der Waals surface area contributed by atoms with E-state index >= 15 is 0 Å². The second-order valence-corrected chi connectivity index (χ2v) is 8.37. The highest BCUT2D eigenvalue weighted by Gasteiger charge is 2.28. The van der Waals surface area contributed by atoms with E-state index in [4.69, 9.17) is 10.7 Å². The number of likely N-dealkylation sites (tertiary alicyclic amines) is 1. The smallest absolute Gasteiger partial charge is 0.262 e. The molecule has 0 spiro atoms. The maximum Gasteiger partial charge on any atom is 0.262 e. The lowest BCUT2D eigenvalue weighted by Crippen LogP contribution is -2.42. The highest BCUT2D eigenvalue weighted by molar-refractivity contribution is 9.10. The van der Waals surface area contributed by atoms with Gasteiger partial charge in [-0.05, 0) is 54.2 Å². The standard InChI is InChI=1S/C13H14BrClFNO3S/c1-8-4-2-3-5-17(8)13(18)10-6-9(16)7-11(12(10)14)21(15,19)20/h6-8H,2-5H2,1H3. The molecule has 1 aromatic rings. The van der Waals surface area contributed by atoms with Crippen LogP contribution >= 0.6 is 26.6 Å². The Morgan fingerprint density at radius 3 is 2.67 bits per heavy atom. The van der Waals surface area contributed by atoms with Gasteiger partial charge >= 0.3 is 0 Å². The summed E-state index contributed by atoms with van der Waals surface area (Å²) in [6, 6.07) is 1.86. The van der Waals surface area contributed by atoms with Crippen molar-refractivity contribution in [2.24, 2.45) is 0 Å². The number of carbonyl (C=O) groups is 1. The molecule has 1 fully saturated rings. The molecular formula is C13H14BrClFNO3S. The molecule has 21 heavy (non-hydrogen) atoms. The number of hydrogen-bond acceptors (Lipinski definition) is 3. The zero-order valence-electron chi connectivity index (χ0n) is 11.3. The Hall–Kier alpha value is -0.660. The molecule has 1 unspecified atom stereocenters. The van der Waals surface area contributed by atoms with Gasteiger partial charge in [0.25, 0.3) is 15.0 Å². The van der Waals surface area contributed by atoms with E-state index in [0.29, 0.717) is 6.54 Å². The summed E-state index contributed by atoms with van der Waals surface area (Å²) in [5.41, 5.74) is -0.0250. The zero-order chi connectivity index (χ0) is 15.8. The van der Waals surface area contributed by atoms with Crippen LogP contribution in [0.15, 0.2) is 21.5 Å². The summed E-state index contributed by atoms with van der Waals surface area (Å²) in [6.07, 6.45) is 2.79. The molecule has 0 N–H and O–H groups in total. The van der Waals surface area contributed by atoms with Crippen molar-refractivity contribution in [2.45, 2.75) is 37.1 Å². The summed E-state index contributed by atoms with van der Waals surface area (Å²) in [5, 5.41) is 0. The highest BCUT2D eigenvalue weighted by atomic mass is 79.9. The highest BCUT2D eigenvalue weighted by Crippen LogP contribution is 2.31. The minimum absolute atomic E-state index is 0.00155. The molecule has 4 nitrogen and oxygen atoms in total. The normalized spacial score (nSPS) is 19.6. The Morgan fingerprint density at radius 1 is 1.43 bits per heavy atom. The first kappa shape index (κ1) is 16.7. The van der Waals surface area contributed by atoms with Gasteiger partial charge in [0, 0.05) is 23.3 Å². The average Bonchev–Trinajstić information content (AvgIpc) is 2.39. The first-order valence-corrected chi connectivity index (χ1v) is 9.56. The van der Waals surface area contributed by atoms with E-state index in [1.54, 1.807) is 4.90 Å². The molecule has 1 atom stereocenters. The fourth-order valence-corrected chi connectivity index (χ4v) is 4.71. The zero-order valence-corrected chi connectivity index (χ0v) is 14.4. The summed E-state index contributed by atoms with van der Waals surface area (Å²) in [5.74, 6) is -1.21. The Bertz CT molecular complexity index is 680. The number of piperidine rings is 1. The number of amides is 1. The lowest BCUT2D eigenvalue weighted by Gasteiger charge is -2.33. The van der Waals surface area contributed by atoms with Crippen LogP contribution in [0.5, 0.6) is 0 Å². The van der Waals surface area contributed by atoms with E-state index in [-0.39, 0.29) is 16.1 Å². The Labute approximate surface area is 135 Å². The lowest BCUT2D eigenvalue weighted by atomic mass is 10.0. The van der Waals surface area contributed by atoms with Crippen molar-refractivity contribution >= 4 is 41.6 Å². The molecule has 0 aliphatic carbocycles. The van der Waals surface area contributed by atoms with Crippen LogP contribution in [0.25, 0.3) is 0 Å². The maximum atomic E-state index is 13.6. The molecule has 1 aliphatic rings. The van der Waals surface area contributed by atoms with E-state index in [2.05, 4.69) is 15.9 Å². The number of benzene rings is 1. The van der Waals surface area contributed by atoms with Gasteiger partial charge in [0.2, 0.25) is 0 Å². The largest absolute Gasteiger partial charge is 0.336 e. The quantitative estimate of drug-likeness (QED) is 0.716. The van der Waals surface area contributed by atoms with Gasteiger partial charge < -0.3 is 4.90 Å². The van der Waals surface area contributed by atoms with E-state index in [0.717, 1.165) is 31.4 Å². The molecular weight excluding hydrogens is 385 g/mol. The topological polar surface area (TPSA) is 54.5 Å². The summed E-state index contributed by atoms with van der Waals surface area (Å²) in [6.45, 7) is 2.50. The predicted molar refractivity (Wildman–Crippen MR) is 81.5 cm³/mol. The Balaban J connectivity index is 2.49. The van der Waals surface area contributed by atoms with Crippen molar-refractivity contribution < 1.29 is 17.6 Å². The number of rotatable bonds is 2. The van der Waals surface area contributed by atoms with Gasteiger partial charge in [-0.15, -0.1) is 0 Å². The van der Waals surface area contributed by atoms with Crippen molar-refractivity contribution in [3.8, 4) is 0 Å². The molecule has 1 amide bonds. The molecule has 116 valence electrons. The molecule has 1 aromatic carbocycles. The van der Waals surface area contributed by atoms with Gasteiger partial charge in [0.05, 0.1) is 10.0 Å². The number of carbonyl (C=O) groups excluding carboxylic acids is 1. The van der Waals surface area contributed by atoms with Gasteiger partial charge in [-0.1, -0.05) is 0 Å². The van der Waals surface area contributed by atoms with Crippen molar-refractivity contribution in [3.05, 3.63) is 28.0 Å². The maximum absolute atomic E-state index is 13.6. The Morgan fingerprint density at radius 2 is 2.10 bits per heavy atom. The van der Waals surface area contributed by atoms with Crippen LogP contribution in [-0.2, 0) is 9.05 Å². The van der Waals surface area contributed by atoms with E-state index in [9.17, 15) is 17.6 Å². The van der Waals surface area contributed by atoms with Crippen molar-refractivity contribution in [1.82, 2.24) is 4.90 Å². The molecule has 1 saturated heterocycles. The van der Waals surface area contributed by atoms with Gasteiger partial charge in [0.15, 0.2) is 0 Å². The molecule has 0 aromatic heterocycles. The minimum Gasteiger partial charge on any atom is -0.336 e. The average molecular weight is 399 g/mol. The predicted octanol–water partition coefficient (Wildman–Crippen LogP) is 3.53. The third-order valence-electron chi connectivity index (χ3n) is 3.56. The molecule has 0 saturated carbocycles. The third kappa shape index (κ3) is 3.57. The monoisotopic (exact) mass is 397 g/mol. The molecule has 8 heteroatoms. The fourth-order valence-electron chi connectivity index (χ4n) is 2.45.